The summed E-state index contributed by atoms with van der Waals surface area (Å²) in [5.41, 5.74) is 0.555. The van der Waals surface area contributed by atoms with Gasteiger partial charge in [-0.05, 0) is 111 Å². The monoisotopic (exact) mass is 550 g/mol. The summed E-state index contributed by atoms with van der Waals surface area (Å²) in [6.07, 6.45) is 19.8. The molecule has 234 valence electrons. The summed E-state index contributed by atoms with van der Waals surface area (Å²) in [7, 11) is 0. The van der Waals surface area contributed by atoms with Crippen LogP contribution in [0, 0.1) is 59.7 Å². The molecule has 1 heterocycles. The van der Waals surface area contributed by atoms with Gasteiger partial charge in [-0.2, -0.15) is 5.10 Å². The Kier molecular flexibility index (Phi) is 17.2. The predicted molar refractivity (Wildman–Crippen MR) is 177 cm³/mol. The minimum atomic E-state index is 0. The molecule has 4 saturated carbocycles. The Labute approximate surface area is 249 Å². The molecule has 0 aliphatic heterocycles. The third kappa shape index (κ3) is 8.34. The van der Waals surface area contributed by atoms with Crippen LogP contribution in [-0.2, 0) is 6.54 Å². The van der Waals surface area contributed by atoms with Gasteiger partial charge < -0.3 is 0 Å². The van der Waals surface area contributed by atoms with Crippen molar-refractivity contribution >= 4 is 0 Å². The number of hydrogen-bond acceptors (Lipinski definition) is 2. The normalized spacial score (nSPS) is 35.2. The molecule has 0 amide bonds. The van der Waals surface area contributed by atoms with Crippen LogP contribution in [0.1, 0.15) is 162 Å². The molecule has 0 N–H and O–H groups in total. The summed E-state index contributed by atoms with van der Waals surface area (Å²) in [6, 6.07) is 0. The van der Waals surface area contributed by atoms with Crippen LogP contribution in [0.4, 0.5) is 0 Å². The number of nitrogens with zero attached hydrogens (tertiary/aromatic N) is 3. The molecule has 4 aliphatic rings. The first-order chi connectivity index (χ1) is 19.0. The highest BCUT2D eigenvalue weighted by Gasteiger charge is 2.56. The predicted octanol–water partition coefficient (Wildman–Crippen LogP) is 11.9. The number of hydrogen-bond donors (Lipinski definition) is 0. The van der Waals surface area contributed by atoms with E-state index in [1.165, 1.54) is 51.4 Å². The molecule has 4 fully saturated rings. The van der Waals surface area contributed by atoms with E-state index in [0.717, 1.165) is 53.8 Å². The molecule has 1 aromatic heterocycles. The molecule has 0 spiro atoms. The second-order valence-electron chi connectivity index (χ2n) is 12.5. The standard InChI is InChI=1S/C28H47N3.4C2H6.2H2/c1-5-7-21-10-12-23-22(16-21)11-13-25-24(23)14-15-28(4)26(8-6-9-27(25)28)19(2)17-31-20(3)29-18-30-31;4*1-2;;/h18-19,21-27H,5-17H2,1-4H3;4*1-2H3;2*1H/t19-,21-,22?,23-,24?,25+,26?,27?,28+;;;;;;/m0....../s1. The average Bonchev–Trinajstić information content (AvgIpc) is 3.40. The Balaban J connectivity index is 0. The quantitative estimate of drug-likeness (QED) is 0.365. The van der Waals surface area contributed by atoms with Crippen molar-refractivity contribution in [3.8, 4) is 0 Å². The van der Waals surface area contributed by atoms with Crippen molar-refractivity contribution in [2.24, 2.45) is 52.8 Å². The first-order valence-electron chi connectivity index (χ1n) is 17.9. The molecule has 9 atom stereocenters. The minimum absolute atomic E-state index is 0. The van der Waals surface area contributed by atoms with Gasteiger partial charge in [0.05, 0.1) is 0 Å². The molecule has 5 rings (SSSR count). The smallest absolute Gasteiger partial charge is 0.138 e. The molecular weight excluding hydrogens is 474 g/mol. The van der Waals surface area contributed by atoms with E-state index in [9.17, 15) is 0 Å². The van der Waals surface area contributed by atoms with Gasteiger partial charge in [0, 0.05) is 9.40 Å². The van der Waals surface area contributed by atoms with Crippen LogP contribution in [0.25, 0.3) is 0 Å². The SMILES string of the molecule is CC.CC.CC.CC.CCC[C@H]1CC[C@H]2C(CC[C@@H]3C2CC[C@@]2(C)C3CCCC2[C@@H](C)Cn2ncnc2C)C1.[HH].[HH]. The van der Waals surface area contributed by atoms with E-state index < -0.39 is 0 Å². The fourth-order valence-corrected chi connectivity index (χ4v) is 9.70. The van der Waals surface area contributed by atoms with Crippen LogP contribution in [0.2, 0.25) is 0 Å². The zero-order valence-corrected chi connectivity index (χ0v) is 28.7. The highest BCUT2D eigenvalue weighted by molar-refractivity contribution is 5.05. The van der Waals surface area contributed by atoms with Crippen molar-refractivity contribution in [1.82, 2.24) is 14.8 Å². The maximum Gasteiger partial charge on any atom is 0.138 e. The summed E-state index contributed by atoms with van der Waals surface area (Å²) >= 11 is 0. The van der Waals surface area contributed by atoms with Gasteiger partial charge >= 0.3 is 0 Å². The molecule has 0 bridgehead atoms. The van der Waals surface area contributed by atoms with E-state index in [1.807, 2.05) is 55.4 Å². The Morgan fingerprint density at radius 1 is 0.897 bits per heavy atom. The van der Waals surface area contributed by atoms with Gasteiger partial charge in [-0.1, -0.05) is 102 Å². The zero-order valence-electron chi connectivity index (χ0n) is 28.7. The highest BCUT2D eigenvalue weighted by Crippen LogP contribution is 2.64. The van der Waals surface area contributed by atoms with Gasteiger partial charge in [0.25, 0.3) is 0 Å². The van der Waals surface area contributed by atoms with Crippen LogP contribution in [0.5, 0.6) is 0 Å². The van der Waals surface area contributed by atoms with Crippen LogP contribution < -0.4 is 0 Å². The van der Waals surface area contributed by atoms with E-state index in [-0.39, 0.29) is 2.85 Å². The third-order valence-corrected chi connectivity index (χ3v) is 11.0. The highest BCUT2D eigenvalue weighted by atomic mass is 15.3. The third-order valence-electron chi connectivity index (χ3n) is 11.0. The summed E-state index contributed by atoms with van der Waals surface area (Å²) in [6.45, 7) is 26.8. The lowest BCUT2D eigenvalue weighted by Gasteiger charge is -2.61. The number of aromatic nitrogens is 3. The largest absolute Gasteiger partial charge is 0.250 e. The van der Waals surface area contributed by atoms with Crippen LogP contribution in [0.3, 0.4) is 0 Å². The van der Waals surface area contributed by atoms with Crippen molar-refractivity contribution in [2.75, 3.05) is 0 Å². The molecule has 1 aromatic rings. The van der Waals surface area contributed by atoms with Crippen molar-refractivity contribution in [3.05, 3.63) is 12.2 Å². The van der Waals surface area contributed by atoms with Crippen molar-refractivity contribution in [2.45, 2.75) is 167 Å². The average molecular weight is 550 g/mol. The number of fused-ring (bicyclic) bond motifs is 5. The molecule has 4 unspecified atom stereocenters. The summed E-state index contributed by atoms with van der Waals surface area (Å²) in [5, 5.41) is 4.51. The molecule has 0 radical (unpaired) electrons. The fourth-order valence-electron chi connectivity index (χ4n) is 9.70. The van der Waals surface area contributed by atoms with Gasteiger partial charge in [-0.25, -0.2) is 4.98 Å². The van der Waals surface area contributed by atoms with E-state index in [1.54, 1.807) is 32.0 Å². The van der Waals surface area contributed by atoms with E-state index >= 15 is 0 Å². The summed E-state index contributed by atoms with van der Waals surface area (Å²) in [5.74, 6) is 8.91. The first kappa shape index (κ1) is 36.2. The Hall–Kier alpha value is -0.860. The number of rotatable bonds is 5. The Bertz CT molecular complexity index is 753. The van der Waals surface area contributed by atoms with Gasteiger partial charge in [0.15, 0.2) is 0 Å². The zero-order chi connectivity index (χ0) is 29.6. The van der Waals surface area contributed by atoms with E-state index in [0.29, 0.717) is 11.3 Å². The lowest BCUT2D eigenvalue weighted by atomic mass is 9.44. The van der Waals surface area contributed by atoms with E-state index in [2.05, 4.69) is 42.5 Å². The maximum atomic E-state index is 4.51. The molecule has 0 saturated heterocycles. The molecule has 3 nitrogen and oxygen atoms in total. The van der Waals surface area contributed by atoms with Crippen LogP contribution >= 0.6 is 0 Å². The van der Waals surface area contributed by atoms with Crippen molar-refractivity contribution in [1.29, 1.82) is 0 Å². The van der Waals surface area contributed by atoms with Gasteiger partial charge in [-0.15, -0.1) is 0 Å². The maximum absolute atomic E-state index is 4.51. The summed E-state index contributed by atoms with van der Waals surface area (Å²) in [4.78, 5) is 4.37. The van der Waals surface area contributed by atoms with Crippen LogP contribution in [-0.4, -0.2) is 14.8 Å². The molecule has 3 heteroatoms. The molecule has 0 aromatic carbocycles. The molecular formula is C36H75N3. The second-order valence-corrected chi connectivity index (χ2v) is 12.5. The fraction of sp³-hybridized carbons (Fsp3) is 0.944. The second kappa shape index (κ2) is 18.5. The van der Waals surface area contributed by atoms with Gasteiger partial charge in [0.2, 0.25) is 0 Å². The number of aryl methyl sites for hydroxylation is 1. The van der Waals surface area contributed by atoms with E-state index in [4.69, 9.17) is 0 Å². The van der Waals surface area contributed by atoms with Crippen molar-refractivity contribution < 1.29 is 2.85 Å². The van der Waals surface area contributed by atoms with Gasteiger partial charge in [0.1, 0.15) is 12.2 Å². The molecule has 4 aliphatic carbocycles. The van der Waals surface area contributed by atoms with Gasteiger partial charge in [-0.3, -0.25) is 4.68 Å². The minimum Gasteiger partial charge on any atom is -0.250 e. The topological polar surface area (TPSA) is 30.7 Å². The lowest BCUT2D eigenvalue weighted by Crippen LogP contribution is -2.54. The Morgan fingerprint density at radius 3 is 2.18 bits per heavy atom. The summed E-state index contributed by atoms with van der Waals surface area (Å²) < 4.78 is 2.16. The first-order valence-corrected chi connectivity index (χ1v) is 17.9. The van der Waals surface area contributed by atoms with Crippen molar-refractivity contribution in [3.63, 3.8) is 0 Å². The van der Waals surface area contributed by atoms with Crippen LogP contribution in [0.15, 0.2) is 6.33 Å². The molecule has 39 heavy (non-hydrogen) atoms. The lowest BCUT2D eigenvalue weighted by molar-refractivity contribution is -0.122. The Morgan fingerprint density at radius 2 is 1.56 bits per heavy atom.